The van der Waals surface area contributed by atoms with Crippen molar-refractivity contribution in [3.8, 4) is 5.75 Å². The molecular formula is C21H23FN4O3. The number of amides is 2. The minimum absolute atomic E-state index is 0.0479. The zero-order valence-electron chi connectivity index (χ0n) is 16.3. The lowest BCUT2D eigenvalue weighted by Gasteiger charge is -2.29. The molecule has 2 aliphatic rings. The summed E-state index contributed by atoms with van der Waals surface area (Å²) in [7, 11) is 0. The van der Waals surface area contributed by atoms with E-state index >= 15 is 0 Å². The molecule has 7 nitrogen and oxygen atoms in total. The fourth-order valence-electron chi connectivity index (χ4n) is 3.88. The molecule has 152 valence electrons. The van der Waals surface area contributed by atoms with Crippen molar-refractivity contribution in [3.63, 3.8) is 0 Å². The molecule has 1 aromatic heterocycles. The number of carbonyl (C=O) groups excluding carboxylic acids is 2. The van der Waals surface area contributed by atoms with Crippen LogP contribution in [0.5, 0.6) is 5.75 Å². The summed E-state index contributed by atoms with van der Waals surface area (Å²) in [6, 6.07) is 5.53. The van der Waals surface area contributed by atoms with Crippen LogP contribution in [0, 0.1) is 5.82 Å². The van der Waals surface area contributed by atoms with Crippen LogP contribution < -0.4 is 4.74 Å². The number of fused-ring (bicyclic) bond motifs is 1. The van der Waals surface area contributed by atoms with Gasteiger partial charge >= 0.3 is 0 Å². The molecule has 0 unspecified atom stereocenters. The summed E-state index contributed by atoms with van der Waals surface area (Å²) in [6.07, 6.45) is 4.25. The number of ether oxygens (including phenoxy) is 1. The van der Waals surface area contributed by atoms with E-state index < -0.39 is 0 Å². The number of aromatic nitrogens is 2. The highest BCUT2D eigenvalue weighted by Crippen LogP contribution is 2.30. The van der Waals surface area contributed by atoms with E-state index in [4.69, 9.17) is 9.72 Å². The molecule has 1 fully saturated rings. The Morgan fingerprint density at radius 2 is 2.03 bits per heavy atom. The van der Waals surface area contributed by atoms with Gasteiger partial charge in [-0.2, -0.15) is 0 Å². The number of halogens is 1. The largest absolute Gasteiger partial charge is 0.484 e. The van der Waals surface area contributed by atoms with Gasteiger partial charge in [0.25, 0.3) is 5.91 Å². The van der Waals surface area contributed by atoms with Gasteiger partial charge in [-0.1, -0.05) is 0 Å². The molecule has 0 radical (unpaired) electrons. The van der Waals surface area contributed by atoms with Crippen molar-refractivity contribution in [3.05, 3.63) is 53.4 Å². The number of hydrogen-bond donors (Lipinski definition) is 0. The van der Waals surface area contributed by atoms with Crippen molar-refractivity contribution in [1.82, 2.24) is 19.8 Å². The van der Waals surface area contributed by atoms with Gasteiger partial charge in [-0.3, -0.25) is 9.59 Å². The van der Waals surface area contributed by atoms with Gasteiger partial charge in [0, 0.05) is 44.7 Å². The molecule has 0 saturated carbocycles. The Kier molecular flexibility index (Phi) is 5.42. The standard InChI is InChI=1S/C21H23FN4O3/c1-14(27)26-9-2-3-19(26)21-23-11-15-12-25(10-8-18(15)24-21)20(28)13-29-17-6-4-16(22)5-7-17/h4-7,11,19H,2-3,8-10,12-13H2,1H3/t19-/m0/s1. The van der Waals surface area contributed by atoms with Gasteiger partial charge in [-0.05, 0) is 37.1 Å². The SMILES string of the molecule is CC(=O)N1CCC[C@H]1c1ncc2c(n1)CCN(C(=O)COc1ccc(F)cc1)C2. The molecular weight excluding hydrogens is 375 g/mol. The number of benzene rings is 1. The fourth-order valence-corrected chi connectivity index (χ4v) is 3.88. The van der Waals surface area contributed by atoms with Gasteiger partial charge in [0.05, 0.1) is 11.7 Å². The Balaban J connectivity index is 1.39. The number of hydrogen-bond acceptors (Lipinski definition) is 5. The number of likely N-dealkylation sites (tertiary alicyclic amines) is 1. The first-order valence-corrected chi connectivity index (χ1v) is 9.79. The lowest BCUT2D eigenvalue weighted by molar-refractivity contribution is -0.134. The normalized spacial score (nSPS) is 18.5. The number of rotatable bonds is 4. The van der Waals surface area contributed by atoms with Crippen LogP contribution in [0.2, 0.25) is 0 Å². The molecule has 0 aliphatic carbocycles. The van der Waals surface area contributed by atoms with Gasteiger partial charge in [-0.15, -0.1) is 0 Å². The predicted octanol–water partition coefficient (Wildman–Crippen LogP) is 2.26. The predicted molar refractivity (Wildman–Crippen MR) is 102 cm³/mol. The zero-order valence-corrected chi connectivity index (χ0v) is 16.3. The lowest BCUT2D eigenvalue weighted by atomic mass is 10.1. The van der Waals surface area contributed by atoms with Gasteiger partial charge in [0.2, 0.25) is 5.91 Å². The quantitative estimate of drug-likeness (QED) is 0.790. The van der Waals surface area contributed by atoms with Gasteiger partial charge in [-0.25, -0.2) is 14.4 Å². The molecule has 0 bridgehead atoms. The Morgan fingerprint density at radius 1 is 1.24 bits per heavy atom. The van der Waals surface area contributed by atoms with Crippen molar-refractivity contribution in [2.45, 2.75) is 38.8 Å². The molecule has 1 saturated heterocycles. The van der Waals surface area contributed by atoms with E-state index in [2.05, 4.69) is 4.98 Å². The lowest BCUT2D eigenvalue weighted by Crippen LogP contribution is -2.39. The van der Waals surface area contributed by atoms with Crippen molar-refractivity contribution in [2.75, 3.05) is 19.7 Å². The van der Waals surface area contributed by atoms with Crippen LogP contribution in [-0.2, 0) is 22.6 Å². The molecule has 1 atom stereocenters. The van der Waals surface area contributed by atoms with Crippen LogP contribution in [0.15, 0.2) is 30.5 Å². The Hall–Kier alpha value is -3.03. The molecule has 8 heteroatoms. The number of nitrogens with zero attached hydrogens (tertiary/aromatic N) is 4. The zero-order chi connectivity index (χ0) is 20.4. The van der Waals surface area contributed by atoms with Crippen LogP contribution >= 0.6 is 0 Å². The maximum Gasteiger partial charge on any atom is 0.260 e. The van der Waals surface area contributed by atoms with E-state index in [-0.39, 0.29) is 30.3 Å². The molecule has 29 heavy (non-hydrogen) atoms. The highest BCUT2D eigenvalue weighted by atomic mass is 19.1. The average Bonchev–Trinajstić information content (AvgIpc) is 3.22. The summed E-state index contributed by atoms with van der Waals surface area (Å²) in [4.78, 5) is 37.0. The minimum Gasteiger partial charge on any atom is -0.484 e. The van der Waals surface area contributed by atoms with E-state index in [0.29, 0.717) is 31.1 Å². The molecule has 1 aromatic carbocycles. The number of carbonyl (C=O) groups is 2. The second kappa shape index (κ2) is 8.14. The van der Waals surface area contributed by atoms with E-state index in [0.717, 1.165) is 30.6 Å². The maximum absolute atomic E-state index is 12.9. The van der Waals surface area contributed by atoms with Crippen molar-refractivity contribution in [2.24, 2.45) is 0 Å². The third kappa shape index (κ3) is 4.21. The summed E-state index contributed by atoms with van der Waals surface area (Å²) < 4.78 is 18.4. The van der Waals surface area contributed by atoms with E-state index in [1.54, 1.807) is 18.0 Å². The average molecular weight is 398 g/mol. The smallest absolute Gasteiger partial charge is 0.260 e. The summed E-state index contributed by atoms with van der Waals surface area (Å²) in [6.45, 7) is 3.21. The Bertz CT molecular complexity index is 919. The van der Waals surface area contributed by atoms with Crippen LogP contribution in [0.4, 0.5) is 4.39 Å². The Labute approximate surface area is 168 Å². The van der Waals surface area contributed by atoms with Gasteiger partial charge in [0.15, 0.2) is 12.4 Å². The van der Waals surface area contributed by atoms with Crippen LogP contribution in [0.3, 0.4) is 0 Å². The molecule has 3 heterocycles. The molecule has 2 aliphatic heterocycles. The summed E-state index contributed by atoms with van der Waals surface area (Å²) in [5, 5.41) is 0. The molecule has 4 rings (SSSR count). The monoisotopic (exact) mass is 398 g/mol. The second-order valence-electron chi connectivity index (χ2n) is 7.38. The van der Waals surface area contributed by atoms with E-state index in [1.165, 1.54) is 24.3 Å². The highest BCUT2D eigenvalue weighted by molar-refractivity contribution is 5.78. The van der Waals surface area contributed by atoms with Crippen LogP contribution in [0.25, 0.3) is 0 Å². The fraction of sp³-hybridized carbons (Fsp3) is 0.429. The van der Waals surface area contributed by atoms with Gasteiger partial charge in [0.1, 0.15) is 11.6 Å². The minimum atomic E-state index is -0.347. The summed E-state index contributed by atoms with van der Waals surface area (Å²) in [5.41, 5.74) is 1.86. The third-order valence-electron chi connectivity index (χ3n) is 5.44. The second-order valence-corrected chi connectivity index (χ2v) is 7.38. The van der Waals surface area contributed by atoms with Crippen LogP contribution in [-0.4, -0.2) is 51.3 Å². The molecule has 2 amide bonds. The van der Waals surface area contributed by atoms with Crippen molar-refractivity contribution >= 4 is 11.8 Å². The first kappa shape index (κ1) is 19.3. The van der Waals surface area contributed by atoms with Crippen LogP contribution in [0.1, 0.15) is 42.9 Å². The molecule has 2 aromatic rings. The van der Waals surface area contributed by atoms with Crippen molar-refractivity contribution in [1.29, 1.82) is 0 Å². The first-order valence-electron chi connectivity index (χ1n) is 9.79. The Morgan fingerprint density at radius 3 is 2.79 bits per heavy atom. The third-order valence-corrected chi connectivity index (χ3v) is 5.44. The van der Waals surface area contributed by atoms with Crippen molar-refractivity contribution < 1.29 is 18.7 Å². The summed E-state index contributed by atoms with van der Waals surface area (Å²) >= 11 is 0. The highest BCUT2D eigenvalue weighted by Gasteiger charge is 2.31. The topological polar surface area (TPSA) is 75.6 Å². The van der Waals surface area contributed by atoms with Gasteiger partial charge < -0.3 is 14.5 Å². The first-order chi connectivity index (χ1) is 14.0. The summed E-state index contributed by atoms with van der Waals surface area (Å²) in [5.74, 6) is 0.710. The van der Waals surface area contributed by atoms with E-state index in [1.807, 2.05) is 4.90 Å². The molecule has 0 spiro atoms. The molecule has 0 N–H and O–H groups in total. The maximum atomic E-state index is 12.9. The van der Waals surface area contributed by atoms with E-state index in [9.17, 15) is 14.0 Å².